The molecule has 0 bridgehead atoms. The number of pyridine rings is 1. The zero-order chi connectivity index (χ0) is 12.3. The fraction of sp³-hybridized carbons (Fsp3) is 0.455. The maximum Gasteiger partial charge on any atom is 0.222 e. The minimum Gasteiger partial charge on any atom is -0.487 e. The van der Waals surface area contributed by atoms with Crippen LogP contribution in [-0.4, -0.2) is 30.2 Å². The van der Waals surface area contributed by atoms with E-state index < -0.39 is 0 Å². The number of aromatic nitrogens is 1. The minimum atomic E-state index is -0.187. The van der Waals surface area contributed by atoms with Crippen LogP contribution in [0.15, 0.2) is 12.3 Å². The second-order valence-corrected chi connectivity index (χ2v) is 3.88. The van der Waals surface area contributed by atoms with Gasteiger partial charge in [-0.3, -0.25) is 4.79 Å². The molecule has 1 aromatic heterocycles. The maximum absolute atomic E-state index is 10.8. The monoisotopic (exact) mass is 237 g/mol. The summed E-state index contributed by atoms with van der Waals surface area (Å²) in [5, 5.41) is 2.55. The molecule has 2 rings (SSSR count). The lowest BCUT2D eigenvalue weighted by molar-refractivity contribution is -0.114. The highest BCUT2D eigenvalue weighted by Gasteiger charge is 2.19. The van der Waals surface area contributed by atoms with Crippen LogP contribution in [0.2, 0.25) is 0 Å². The van der Waals surface area contributed by atoms with E-state index in [1.165, 1.54) is 13.1 Å². The Balaban J connectivity index is 1.95. The van der Waals surface area contributed by atoms with Gasteiger partial charge in [-0.15, -0.1) is 0 Å². The van der Waals surface area contributed by atoms with Gasteiger partial charge in [-0.25, -0.2) is 4.98 Å². The molecule has 0 saturated carbocycles. The maximum atomic E-state index is 10.8. The summed E-state index contributed by atoms with van der Waals surface area (Å²) in [4.78, 5) is 14.9. The van der Waals surface area contributed by atoms with E-state index in [-0.39, 0.29) is 12.0 Å². The topological polar surface area (TPSA) is 86.5 Å². The fourth-order valence-corrected chi connectivity index (χ4v) is 1.43. The SMILES string of the molecule is CC(=O)Nc1cc(N)c(OCC2CCO2)cn1. The Hall–Kier alpha value is -1.82. The molecule has 2 heterocycles. The summed E-state index contributed by atoms with van der Waals surface area (Å²) in [6.45, 7) is 2.69. The van der Waals surface area contributed by atoms with E-state index in [1.54, 1.807) is 6.07 Å². The van der Waals surface area contributed by atoms with Gasteiger partial charge in [-0.1, -0.05) is 0 Å². The Morgan fingerprint density at radius 2 is 2.53 bits per heavy atom. The second kappa shape index (κ2) is 5.01. The summed E-state index contributed by atoms with van der Waals surface area (Å²) in [5.41, 5.74) is 6.23. The highest BCUT2D eigenvalue weighted by atomic mass is 16.5. The average Bonchev–Trinajstić information content (AvgIpc) is 2.17. The summed E-state index contributed by atoms with van der Waals surface area (Å²) >= 11 is 0. The smallest absolute Gasteiger partial charge is 0.222 e. The Bertz CT molecular complexity index is 418. The van der Waals surface area contributed by atoms with E-state index in [1.807, 2.05) is 0 Å². The first-order chi connectivity index (χ1) is 8.15. The van der Waals surface area contributed by atoms with E-state index >= 15 is 0 Å². The number of rotatable bonds is 4. The van der Waals surface area contributed by atoms with Crippen molar-refractivity contribution in [2.75, 3.05) is 24.3 Å². The Morgan fingerprint density at radius 3 is 3.06 bits per heavy atom. The number of nitrogens with two attached hydrogens (primary N) is 1. The standard InChI is InChI=1S/C11H15N3O3/c1-7(15)14-11-4-9(12)10(5-13-11)17-6-8-2-3-16-8/h4-5,8H,2-3,6H2,1H3,(H3,12,13,14,15). The zero-order valence-electron chi connectivity index (χ0n) is 9.60. The number of carbonyl (C=O) groups is 1. The van der Waals surface area contributed by atoms with Crippen molar-refractivity contribution in [3.05, 3.63) is 12.3 Å². The Kier molecular flexibility index (Phi) is 3.43. The number of anilines is 2. The lowest BCUT2D eigenvalue weighted by atomic mass is 10.2. The molecule has 17 heavy (non-hydrogen) atoms. The molecule has 1 amide bonds. The van der Waals surface area contributed by atoms with E-state index in [0.717, 1.165) is 13.0 Å². The van der Waals surface area contributed by atoms with Crippen LogP contribution in [0.25, 0.3) is 0 Å². The number of hydrogen-bond acceptors (Lipinski definition) is 5. The lowest BCUT2D eigenvalue weighted by Crippen LogP contribution is -2.32. The van der Waals surface area contributed by atoms with Crippen molar-refractivity contribution in [3.8, 4) is 5.75 Å². The molecule has 1 aliphatic rings. The van der Waals surface area contributed by atoms with Gasteiger partial charge < -0.3 is 20.5 Å². The van der Waals surface area contributed by atoms with Crippen molar-refractivity contribution in [2.45, 2.75) is 19.4 Å². The van der Waals surface area contributed by atoms with Crippen LogP contribution in [0, 0.1) is 0 Å². The Morgan fingerprint density at radius 1 is 1.76 bits per heavy atom. The van der Waals surface area contributed by atoms with Crippen molar-refractivity contribution in [1.82, 2.24) is 4.98 Å². The van der Waals surface area contributed by atoms with Crippen LogP contribution >= 0.6 is 0 Å². The van der Waals surface area contributed by atoms with Crippen molar-refractivity contribution >= 4 is 17.4 Å². The molecule has 0 radical (unpaired) electrons. The molecule has 0 aliphatic carbocycles. The molecule has 1 saturated heterocycles. The van der Waals surface area contributed by atoms with Crippen LogP contribution < -0.4 is 15.8 Å². The van der Waals surface area contributed by atoms with Crippen LogP contribution in [0.5, 0.6) is 5.75 Å². The molecule has 6 heteroatoms. The van der Waals surface area contributed by atoms with Gasteiger partial charge >= 0.3 is 0 Å². The van der Waals surface area contributed by atoms with Crippen molar-refractivity contribution in [2.24, 2.45) is 0 Å². The summed E-state index contributed by atoms with van der Waals surface area (Å²) in [6, 6.07) is 1.57. The quantitative estimate of drug-likeness (QED) is 0.808. The number of nitrogens with zero attached hydrogens (tertiary/aromatic N) is 1. The number of nitrogens with one attached hydrogen (secondary N) is 1. The molecule has 1 fully saturated rings. The van der Waals surface area contributed by atoms with Crippen LogP contribution in [0.1, 0.15) is 13.3 Å². The molecule has 1 aromatic rings. The highest BCUT2D eigenvalue weighted by Crippen LogP contribution is 2.24. The number of hydrogen-bond donors (Lipinski definition) is 2. The molecule has 1 atom stereocenters. The largest absolute Gasteiger partial charge is 0.487 e. The number of nitrogen functional groups attached to an aromatic ring is 1. The predicted octanol–water partition coefficient (Wildman–Crippen LogP) is 0.790. The van der Waals surface area contributed by atoms with Gasteiger partial charge in [-0.05, 0) is 0 Å². The lowest BCUT2D eigenvalue weighted by Gasteiger charge is -2.26. The third-order valence-corrected chi connectivity index (χ3v) is 2.42. The first-order valence-corrected chi connectivity index (χ1v) is 5.42. The summed E-state index contributed by atoms with van der Waals surface area (Å²) in [7, 11) is 0. The molecular formula is C11H15N3O3. The van der Waals surface area contributed by atoms with Gasteiger partial charge in [0.15, 0.2) is 5.75 Å². The number of amides is 1. The van der Waals surface area contributed by atoms with Crippen LogP contribution in [-0.2, 0) is 9.53 Å². The summed E-state index contributed by atoms with van der Waals surface area (Å²) < 4.78 is 10.7. The van der Waals surface area contributed by atoms with Crippen LogP contribution in [0.3, 0.4) is 0 Å². The van der Waals surface area contributed by atoms with Gasteiger partial charge in [0.1, 0.15) is 12.4 Å². The van der Waals surface area contributed by atoms with Gasteiger partial charge in [0.25, 0.3) is 0 Å². The summed E-state index contributed by atoms with van der Waals surface area (Å²) in [6.07, 6.45) is 2.67. The normalized spacial score (nSPS) is 18.3. The molecule has 92 valence electrons. The Labute approximate surface area is 99.1 Å². The fourth-order valence-electron chi connectivity index (χ4n) is 1.43. The molecule has 3 N–H and O–H groups in total. The highest BCUT2D eigenvalue weighted by molar-refractivity contribution is 5.88. The minimum absolute atomic E-state index is 0.157. The third kappa shape index (κ3) is 3.07. The molecule has 0 aromatic carbocycles. The first-order valence-electron chi connectivity index (χ1n) is 5.42. The third-order valence-electron chi connectivity index (χ3n) is 2.42. The van der Waals surface area contributed by atoms with E-state index in [0.29, 0.717) is 23.9 Å². The zero-order valence-corrected chi connectivity index (χ0v) is 9.60. The molecule has 0 spiro atoms. The van der Waals surface area contributed by atoms with E-state index in [4.69, 9.17) is 15.2 Å². The predicted molar refractivity (Wildman–Crippen MR) is 62.8 cm³/mol. The van der Waals surface area contributed by atoms with E-state index in [9.17, 15) is 4.79 Å². The molecule has 6 nitrogen and oxygen atoms in total. The molecule has 1 aliphatic heterocycles. The number of carbonyl (C=O) groups excluding carboxylic acids is 1. The van der Waals surface area contributed by atoms with Crippen molar-refractivity contribution in [1.29, 1.82) is 0 Å². The number of ether oxygens (including phenoxy) is 2. The van der Waals surface area contributed by atoms with Gasteiger partial charge in [0.2, 0.25) is 5.91 Å². The van der Waals surface area contributed by atoms with Crippen LogP contribution in [0.4, 0.5) is 11.5 Å². The summed E-state index contributed by atoms with van der Waals surface area (Å²) in [5.74, 6) is 0.741. The second-order valence-electron chi connectivity index (χ2n) is 3.88. The molecular weight excluding hydrogens is 222 g/mol. The van der Waals surface area contributed by atoms with Gasteiger partial charge in [0, 0.05) is 26.0 Å². The average molecular weight is 237 g/mol. The van der Waals surface area contributed by atoms with Gasteiger partial charge in [0.05, 0.1) is 18.0 Å². The van der Waals surface area contributed by atoms with Gasteiger partial charge in [-0.2, -0.15) is 0 Å². The first kappa shape index (κ1) is 11.7. The van der Waals surface area contributed by atoms with E-state index in [2.05, 4.69) is 10.3 Å². The molecule has 1 unspecified atom stereocenters. The van der Waals surface area contributed by atoms with Crippen molar-refractivity contribution in [3.63, 3.8) is 0 Å². The van der Waals surface area contributed by atoms with Crippen molar-refractivity contribution < 1.29 is 14.3 Å².